The molecule has 2 aromatic carbocycles. The van der Waals surface area contributed by atoms with Gasteiger partial charge in [0, 0.05) is 45.2 Å². The van der Waals surface area contributed by atoms with Crippen molar-refractivity contribution < 1.29 is 9.90 Å². The Kier molecular flexibility index (Phi) is 5.78. The zero-order chi connectivity index (χ0) is 21.2. The van der Waals surface area contributed by atoms with Crippen LogP contribution in [-0.2, 0) is 4.79 Å². The first kappa shape index (κ1) is 20.3. The number of nitrogens with zero attached hydrogens (tertiary/aromatic N) is 4. The molecule has 2 saturated heterocycles. The van der Waals surface area contributed by atoms with E-state index >= 15 is 0 Å². The lowest BCUT2D eigenvalue weighted by molar-refractivity contribution is -0.133. The van der Waals surface area contributed by atoms with Gasteiger partial charge >= 0.3 is 0 Å². The van der Waals surface area contributed by atoms with Crippen molar-refractivity contribution >= 4 is 33.1 Å². The van der Waals surface area contributed by atoms with Crippen LogP contribution in [0.15, 0.2) is 48.5 Å². The highest BCUT2D eigenvalue weighted by Crippen LogP contribution is 2.33. The number of thiazole rings is 1. The zero-order valence-electron chi connectivity index (χ0n) is 17.6. The number of carbonyl (C=O) groups is 1. The third-order valence-electron chi connectivity index (χ3n) is 6.39. The highest BCUT2D eigenvalue weighted by molar-refractivity contribution is 7.18. The Hall–Kier alpha value is -2.64. The number of phenols is 1. The summed E-state index contributed by atoms with van der Waals surface area (Å²) in [6.07, 6.45) is 2.14. The minimum Gasteiger partial charge on any atom is -0.506 e. The van der Waals surface area contributed by atoms with Crippen LogP contribution in [-0.4, -0.2) is 71.6 Å². The number of rotatable bonds is 4. The fraction of sp³-hybridized carbons (Fsp3) is 0.417. The monoisotopic (exact) mass is 436 g/mol. The van der Waals surface area contributed by atoms with Gasteiger partial charge in [-0.05, 0) is 37.1 Å². The van der Waals surface area contributed by atoms with Gasteiger partial charge in [0.2, 0.25) is 5.91 Å². The molecule has 1 aromatic heterocycles. The Morgan fingerprint density at radius 2 is 1.81 bits per heavy atom. The molecule has 162 valence electrons. The summed E-state index contributed by atoms with van der Waals surface area (Å²) in [5, 5.41) is 11.3. The number of para-hydroxylation sites is 3. The minimum absolute atomic E-state index is 0.224. The van der Waals surface area contributed by atoms with Crippen LogP contribution in [0.2, 0.25) is 0 Å². The van der Waals surface area contributed by atoms with E-state index in [1.807, 2.05) is 29.2 Å². The molecule has 7 heteroatoms. The SMILES string of the molecule is O=C(CN1CCN(c2ccccc2O)CC1)N1CCC[C@@H](c2nc3ccccc3s2)C1. The maximum absolute atomic E-state index is 13.0. The number of hydrogen-bond donors (Lipinski definition) is 1. The molecule has 2 fully saturated rings. The Morgan fingerprint density at radius 1 is 1.03 bits per heavy atom. The zero-order valence-corrected chi connectivity index (χ0v) is 18.4. The summed E-state index contributed by atoms with van der Waals surface area (Å²) in [5.41, 5.74) is 1.94. The van der Waals surface area contributed by atoms with E-state index in [0.29, 0.717) is 18.2 Å². The highest BCUT2D eigenvalue weighted by Gasteiger charge is 2.28. The van der Waals surface area contributed by atoms with Crippen LogP contribution < -0.4 is 4.90 Å². The van der Waals surface area contributed by atoms with E-state index < -0.39 is 0 Å². The van der Waals surface area contributed by atoms with Gasteiger partial charge in [-0.3, -0.25) is 9.69 Å². The average Bonchev–Trinajstić information content (AvgIpc) is 3.25. The van der Waals surface area contributed by atoms with E-state index in [2.05, 4.69) is 28.0 Å². The van der Waals surface area contributed by atoms with Gasteiger partial charge in [0.05, 0.1) is 27.5 Å². The number of amides is 1. The first-order valence-corrected chi connectivity index (χ1v) is 11.9. The second kappa shape index (κ2) is 8.85. The Bertz CT molecular complexity index is 1030. The molecule has 1 N–H and O–H groups in total. The van der Waals surface area contributed by atoms with E-state index in [1.165, 1.54) is 4.70 Å². The van der Waals surface area contributed by atoms with Crippen molar-refractivity contribution in [2.45, 2.75) is 18.8 Å². The van der Waals surface area contributed by atoms with Gasteiger partial charge in [-0.1, -0.05) is 24.3 Å². The molecule has 3 heterocycles. The normalized spacial score (nSPS) is 20.3. The number of benzene rings is 2. The third kappa shape index (κ3) is 4.38. The molecule has 0 radical (unpaired) electrons. The molecule has 3 aromatic rings. The van der Waals surface area contributed by atoms with Gasteiger partial charge in [0.15, 0.2) is 0 Å². The highest BCUT2D eigenvalue weighted by atomic mass is 32.1. The molecule has 1 amide bonds. The molecule has 0 spiro atoms. The van der Waals surface area contributed by atoms with E-state index in [1.54, 1.807) is 17.4 Å². The maximum atomic E-state index is 13.0. The lowest BCUT2D eigenvalue weighted by Crippen LogP contribution is -2.51. The van der Waals surface area contributed by atoms with Crippen LogP contribution in [0.4, 0.5) is 5.69 Å². The number of aromatic hydroxyl groups is 1. The third-order valence-corrected chi connectivity index (χ3v) is 7.59. The first-order valence-electron chi connectivity index (χ1n) is 11.1. The van der Waals surface area contributed by atoms with Crippen molar-refractivity contribution in [3.63, 3.8) is 0 Å². The van der Waals surface area contributed by atoms with Crippen LogP contribution in [0, 0.1) is 0 Å². The number of aromatic nitrogens is 1. The van der Waals surface area contributed by atoms with E-state index in [-0.39, 0.29) is 5.91 Å². The predicted molar refractivity (Wildman–Crippen MR) is 125 cm³/mol. The molecule has 0 unspecified atom stereocenters. The smallest absolute Gasteiger partial charge is 0.236 e. The summed E-state index contributed by atoms with van der Waals surface area (Å²) in [7, 11) is 0. The van der Waals surface area contributed by atoms with Gasteiger partial charge in [-0.25, -0.2) is 4.98 Å². The molecular formula is C24H28N4O2S. The summed E-state index contributed by atoms with van der Waals surface area (Å²) in [4.78, 5) is 24.3. The number of hydrogen-bond acceptors (Lipinski definition) is 6. The number of phenolic OH excluding ortho intramolecular Hbond substituents is 1. The molecule has 31 heavy (non-hydrogen) atoms. The van der Waals surface area contributed by atoms with Crippen molar-refractivity contribution in [2.75, 3.05) is 50.7 Å². The molecule has 5 rings (SSSR count). The topological polar surface area (TPSA) is 59.9 Å². The van der Waals surface area contributed by atoms with Crippen molar-refractivity contribution in [3.8, 4) is 5.75 Å². The number of piperazine rings is 1. The van der Waals surface area contributed by atoms with Gasteiger partial charge in [0.25, 0.3) is 0 Å². The quantitative estimate of drug-likeness (QED) is 0.678. The summed E-state index contributed by atoms with van der Waals surface area (Å²) >= 11 is 1.77. The Morgan fingerprint density at radius 3 is 2.61 bits per heavy atom. The lowest BCUT2D eigenvalue weighted by Gasteiger charge is -2.38. The van der Waals surface area contributed by atoms with Gasteiger partial charge in [0.1, 0.15) is 5.75 Å². The number of anilines is 1. The summed E-state index contributed by atoms with van der Waals surface area (Å²) in [6, 6.07) is 15.7. The fourth-order valence-electron chi connectivity index (χ4n) is 4.64. The number of carbonyl (C=O) groups excluding carboxylic acids is 1. The van der Waals surface area contributed by atoms with Crippen LogP contribution in [0.5, 0.6) is 5.75 Å². The minimum atomic E-state index is 0.224. The van der Waals surface area contributed by atoms with E-state index in [4.69, 9.17) is 4.98 Å². The van der Waals surface area contributed by atoms with Crippen LogP contribution in [0.25, 0.3) is 10.2 Å². The summed E-state index contributed by atoms with van der Waals surface area (Å²) in [6.45, 7) is 5.39. The molecule has 0 saturated carbocycles. The second-order valence-electron chi connectivity index (χ2n) is 8.45. The van der Waals surface area contributed by atoms with Crippen molar-refractivity contribution in [3.05, 3.63) is 53.5 Å². The van der Waals surface area contributed by atoms with Crippen molar-refractivity contribution in [1.29, 1.82) is 0 Å². The Balaban J connectivity index is 1.17. The van der Waals surface area contributed by atoms with Crippen LogP contribution in [0.1, 0.15) is 23.8 Å². The van der Waals surface area contributed by atoms with E-state index in [9.17, 15) is 9.90 Å². The van der Waals surface area contributed by atoms with Gasteiger partial charge in [-0.2, -0.15) is 0 Å². The molecule has 2 aliphatic heterocycles. The number of piperidine rings is 1. The second-order valence-corrected chi connectivity index (χ2v) is 9.51. The maximum Gasteiger partial charge on any atom is 0.236 e. The van der Waals surface area contributed by atoms with Crippen molar-refractivity contribution in [2.24, 2.45) is 0 Å². The molecule has 0 aliphatic carbocycles. The Labute approximate surface area is 186 Å². The molecule has 6 nitrogen and oxygen atoms in total. The van der Waals surface area contributed by atoms with Gasteiger partial charge in [-0.15, -0.1) is 11.3 Å². The van der Waals surface area contributed by atoms with Gasteiger partial charge < -0.3 is 14.9 Å². The lowest BCUT2D eigenvalue weighted by atomic mass is 9.98. The average molecular weight is 437 g/mol. The molecule has 2 aliphatic rings. The summed E-state index contributed by atoms with van der Waals surface area (Å²) < 4.78 is 1.23. The number of fused-ring (bicyclic) bond motifs is 1. The van der Waals surface area contributed by atoms with Crippen LogP contribution >= 0.6 is 11.3 Å². The fourth-order valence-corrected chi connectivity index (χ4v) is 5.73. The largest absolute Gasteiger partial charge is 0.506 e. The standard InChI is InChI=1S/C24H28N4O2S/c29-21-9-3-2-8-20(21)27-14-12-26(13-15-27)17-23(30)28-11-5-6-18(16-28)24-25-19-7-1-4-10-22(19)31-24/h1-4,7-10,18,29H,5-6,11-17H2/t18-/m1/s1. The molecular weight excluding hydrogens is 408 g/mol. The van der Waals surface area contributed by atoms with Crippen LogP contribution in [0.3, 0.4) is 0 Å². The predicted octanol–water partition coefficient (Wildman–Crippen LogP) is 3.53. The molecule has 1 atom stereocenters. The number of likely N-dealkylation sites (tertiary alicyclic amines) is 1. The van der Waals surface area contributed by atoms with E-state index in [0.717, 1.165) is 68.3 Å². The van der Waals surface area contributed by atoms with Crippen molar-refractivity contribution in [1.82, 2.24) is 14.8 Å². The summed E-state index contributed by atoms with van der Waals surface area (Å²) in [5.74, 6) is 0.885. The molecule has 0 bridgehead atoms. The first-order chi connectivity index (χ1) is 15.2.